The lowest BCUT2D eigenvalue weighted by atomic mass is 10.1. The highest BCUT2D eigenvalue weighted by atomic mass is 32.1. The molecule has 2 rings (SSSR count). The number of thiophene rings is 1. The van der Waals surface area contributed by atoms with E-state index in [0.29, 0.717) is 0 Å². The molecule has 3 heteroatoms. The van der Waals surface area contributed by atoms with Crippen LogP contribution in [0.4, 0.5) is 0 Å². The molecule has 1 saturated carbocycles. The highest BCUT2D eigenvalue weighted by molar-refractivity contribution is 7.09. The average molecular weight is 253 g/mol. The molecule has 0 radical (unpaired) electrons. The first-order chi connectivity index (χ1) is 8.45. The molecule has 0 unspecified atom stereocenters. The number of nitrogens with one attached hydrogen (secondary N) is 1. The maximum absolute atomic E-state index is 5.62. The molecule has 0 aromatic carbocycles. The molecule has 1 fully saturated rings. The maximum Gasteiger partial charge on any atom is 0.0591 e. The van der Waals surface area contributed by atoms with Gasteiger partial charge >= 0.3 is 0 Å². The fourth-order valence-corrected chi connectivity index (χ4v) is 3.08. The molecule has 1 aromatic rings. The first kappa shape index (κ1) is 13.1. The van der Waals surface area contributed by atoms with Gasteiger partial charge in [0.05, 0.1) is 13.2 Å². The Kier molecular flexibility index (Phi) is 6.03. The smallest absolute Gasteiger partial charge is 0.0591 e. The van der Waals surface area contributed by atoms with Crippen LogP contribution in [0.25, 0.3) is 0 Å². The molecule has 1 heterocycles. The summed E-state index contributed by atoms with van der Waals surface area (Å²) in [6, 6.07) is 4.27. The molecule has 2 nitrogen and oxygen atoms in total. The minimum absolute atomic E-state index is 0.845. The third-order valence-corrected chi connectivity index (χ3v) is 4.34. The van der Waals surface area contributed by atoms with Gasteiger partial charge < -0.3 is 10.1 Å². The Morgan fingerprint density at radius 2 is 2.18 bits per heavy atom. The van der Waals surface area contributed by atoms with E-state index in [1.165, 1.54) is 37.1 Å². The third kappa shape index (κ3) is 5.19. The Hall–Kier alpha value is -0.380. The van der Waals surface area contributed by atoms with Crippen LogP contribution in [0.15, 0.2) is 17.5 Å². The highest BCUT2D eigenvalue weighted by Gasteiger charge is 2.13. The third-order valence-electron chi connectivity index (χ3n) is 3.40. The quantitative estimate of drug-likeness (QED) is 0.719. The minimum Gasteiger partial charge on any atom is -0.380 e. The Bertz CT molecular complexity index is 280. The van der Waals surface area contributed by atoms with Crippen LogP contribution in [-0.2, 0) is 11.2 Å². The van der Waals surface area contributed by atoms with E-state index in [2.05, 4.69) is 22.8 Å². The second-order valence-electron chi connectivity index (χ2n) is 4.80. The van der Waals surface area contributed by atoms with Crippen LogP contribution in [0.5, 0.6) is 0 Å². The average Bonchev–Trinajstić information content (AvgIpc) is 3.00. The van der Waals surface area contributed by atoms with Crippen molar-refractivity contribution in [2.75, 3.05) is 26.3 Å². The van der Waals surface area contributed by atoms with Gasteiger partial charge in [-0.25, -0.2) is 0 Å². The molecule has 0 bridgehead atoms. The van der Waals surface area contributed by atoms with Crippen molar-refractivity contribution < 1.29 is 4.74 Å². The summed E-state index contributed by atoms with van der Waals surface area (Å²) in [4.78, 5) is 1.42. The lowest BCUT2D eigenvalue weighted by molar-refractivity contribution is 0.138. The predicted octanol–water partition coefficient (Wildman–Crippen LogP) is 3.09. The van der Waals surface area contributed by atoms with Crippen LogP contribution in [0.1, 0.15) is 30.6 Å². The van der Waals surface area contributed by atoms with Gasteiger partial charge in [0.25, 0.3) is 0 Å². The first-order valence-electron chi connectivity index (χ1n) is 6.76. The second kappa shape index (κ2) is 7.85. The van der Waals surface area contributed by atoms with Gasteiger partial charge in [0, 0.05) is 17.8 Å². The standard InChI is InChI=1S/C14H23NOS/c1-2-5-13(4-1)12-15-8-10-16-9-7-14-6-3-11-17-14/h3,6,11,13,15H,1-2,4-5,7-10,12H2. The monoisotopic (exact) mass is 253 g/mol. The van der Waals surface area contributed by atoms with Crippen molar-refractivity contribution in [3.05, 3.63) is 22.4 Å². The van der Waals surface area contributed by atoms with Gasteiger partial charge in [-0.3, -0.25) is 0 Å². The summed E-state index contributed by atoms with van der Waals surface area (Å²) in [5, 5.41) is 5.62. The predicted molar refractivity (Wildman–Crippen MR) is 73.7 cm³/mol. The number of hydrogen-bond donors (Lipinski definition) is 1. The largest absolute Gasteiger partial charge is 0.380 e. The summed E-state index contributed by atoms with van der Waals surface area (Å²) in [5.41, 5.74) is 0. The van der Waals surface area contributed by atoms with Crippen molar-refractivity contribution in [1.82, 2.24) is 5.32 Å². The van der Waals surface area contributed by atoms with E-state index >= 15 is 0 Å². The molecule has 0 amide bonds. The summed E-state index contributed by atoms with van der Waals surface area (Å²) in [5.74, 6) is 0.932. The fraction of sp³-hybridized carbons (Fsp3) is 0.714. The summed E-state index contributed by atoms with van der Waals surface area (Å²) in [6.45, 7) is 3.89. The van der Waals surface area contributed by atoms with Crippen LogP contribution in [0, 0.1) is 5.92 Å². The van der Waals surface area contributed by atoms with Crippen molar-refractivity contribution in [1.29, 1.82) is 0 Å². The van der Waals surface area contributed by atoms with E-state index in [4.69, 9.17) is 4.74 Å². The van der Waals surface area contributed by atoms with Crippen molar-refractivity contribution in [3.8, 4) is 0 Å². The molecule has 0 atom stereocenters. The summed E-state index contributed by atoms with van der Waals surface area (Å²) in [6.07, 6.45) is 6.77. The van der Waals surface area contributed by atoms with Gasteiger partial charge in [0.15, 0.2) is 0 Å². The molecular weight excluding hydrogens is 230 g/mol. The topological polar surface area (TPSA) is 21.3 Å². The van der Waals surface area contributed by atoms with Crippen LogP contribution in [0.2, 0.25) is 0 Å². The van der Waals surface area contributed by atoms with Gasteiger partial charge in [-0.15, -0.1) is 11.3 Å². The van der Waals surface area contributed by atoms with E-state index in [-0.39, 0.29) is 0 Å². The number of rotatable bonds is 8. The number of hydrogen-bond acceptors (Lipinski definition) is 3. The van der Waals surface area contributed by atoms with Gasteiger partial charge in [-0.1, -0.05) is 18.9 Å². The van der Waals surface area contributed by atoms with Gasteiger partial charge in [-0.2, -0.15) is 0 Å². The molecule has 0 aliphatic heterocycles. The summed E-state index contributed by atoms with van der Waals surface area (Å²) in [7, 11) is 0. The van der Waals surface area contributed by atoms with Gasteiger partial charge in [0.1, 0.15) is 0 Å². The van der Waals surface area contributed by atoms with Gasteiger partial charge in [0.2, 0.25) is 0 Å². The van der Waals surface area contributed by atoms with Crippen molar-refractivity contribution in [2.45, 2.75) is 32.1 Å². The molecule has 17 heavy (non-hydrogen) atoms. The molecular formula is C14H23NOS. The van der Waals surface area contributed by atoms with Crippen LogP contribution < -0.4 is 5.32 Å². The van der Waals surface area contributed by atoms with E-state index in [1.807, 2.05) is 11.3 Å². The Morgan fingerprint density at radius 3 is 2.94 bits per heavy atom. The lowest BCUT2D eigenvalue weighted by Gasteiger charge is -2.10. The molecule has 1 aromatic heterocycles. The fourth-order valence-electron chi connectivity index (χ4n) is 2.39. The summed E-state index contributed by atoms with van der Waals surface area (Å²) < 4.78 is 5.62. The molecule has 96 valence electrons. The summed E-state index contributed by atoms with van der Waals surface area (Å²) >= 11 is 1.81. The van der Waals surface area contributed by atoms with Crippen molar-refractivity contribution in [3.63, 3.8) is 0 Å². The first-order valence-corrected chi connectivity index (χ1v) is 7.64. The second-order valence-corrected chi connectivity index (χ2v) is 5.83. The van der Waals surface area contributed by atoms with Crippen molar-refractivity contribution >= 4 is 11.3 Å². The molecule has 0 saturated heterocycles. The Balaban J connectivity index is 1.39. The van der Waals surface area contributed by atoms with E-state index in [1.54, 1.807) is 0 Å². The van der Waals surface area contributed by atoms with E-state index < -0.39 is 0 Å². The normalized spacial score (nSPS) is 16.7. The van der Waals surface area contributed by atoms with Crippen molar-refractivity contribution in [2.24, 2.45) is 5.92 Å². The molecule has 0 spiro atoms. The SMILES string of the molecule is c1csc(CCOCCNCC2CCCC2)c1. The van der Waals surface area contributed by atoms with E-state index in [9.17, 15) is 0 Å². The van der Waals surface area contributed by atoms with E-state index in [0.717, 1.165) is 32.1 Å². The number of ether oxygens (including phenoxy) is 1. The maximum atomic E-state index is 5.62. The minimum atomic E-state index is 0.845. The Morgan fingerprint density at radius 1 is 1.29 bits per heavy atom. The van der Waals surface area contributed by atoms with Gasteiger partial charge in [-0.05, 0) is 36.8 Å². The zero-order valence-electron chi connectivity index (χ0n) is 10.5. The lowest BCUT2D eigenvalue weighted by Crippen LogP contribution is -2.25. The molecule has 1 aliphatic carbocycles. The zero-order valence-corrected chi connectivity index (χ0v) is 11.3. The zero-order chi connectivity index (χ0) is 11.8. The Labute approximate surface area is 108 Å². The van der Waals surface area contributed by atoms with Crippen LogP contribution >= 0.6 is 11.3 Å². The molecule has 1 aliphatic rings. The van der Waals surface area contributed by atoms with Crippen LogP contribution in [-0.4, -0.2) is 26.3 Å². The van der Waals surface area contributed by atoms with Crippen LogP contribution in [0.3, 0.4) is 0 Å². The highest BCUT2D eigenvalue weighted by Crippen LogP contribution is 2.23. The molecule has 1 N–H and O–H groups in total.